The van der Waals surface area contributed by atoms with Gasteiger partial charge < -0.3 is 9.84 Å². The summed E-state index contributed by atoms with van der Waals surface area (Å²) >= 11 is 0. The van der Waals surface area contributed by atoms with Crippen molar-refractivity contribution >= 4 is 5.78 Å². The van der Waals surface area contributed by atoms with Gasteiger partial charge in [-0.3, -0.25) is 9.78 Å². The Bertz CT molecular complexity index is 1220. The lowest BCUT2D eigenvalue weighted by molar-refractivity contribution is 0.0987. The molecule has 190 valence electrons. The van der Waals surface area contributed by atoms with E-state index in [2.05, 4.69) is 23.8 Å². The highest BCUT2D eigenvalue weighted by molar-refractivity contribution is 5.96. The van der Waals surface area contributed by atoms with Crippen LogP contribution in [0.15, 0.2) is 42.7 Å². The Morgan fingerprint density at radius 2 is 1.72 bits per heavy atom. The number of hydrogen-bond donors (Lipinski definition) is 1. The number of carbonyl (C=O) groups excluding carboxylic acids is 1. The highest BCUT2D eigenvalue weighted by Crippen LogP contribution is 2.40. The Hall–Kier alpha value is -3.26. The quantitative estimate of drug-likeness (QED) is 0.392. The number of carbonyl (C=O) groups is 1. The summed E-state index contributed by atoms with van der Waals surface area (Å²) in [5.41, 5.74) is 0.487. The molecule has 1 N–H and O–H groups in total. The molecule has 1 aliphatic rings. The molecule has 2 heterocycles. The Morgan fingerprint density at radius 3 is 2.39 bits per heavy atom. The van der Waals surface area contributed by atoms with E-state index in [0.717, 1.165) is 42.2 Å². The molecule has 5 nitrogen and oxygen atoms in total. The second kappa shape index (κ2) is 11.2. The van der Waals surface area contributed by atoms with Crippen molar-refractivity contribution < 1.29 is 27.8 Å². The van der Waals surface area contributed by atoms with Gasteiger partial charge in [-0.25, -0.2) is 18.2 Å². The van der Waals surface area contributed by atoms with Crippen LogP contribution in [-0.2, 0) is 6.42 Å². The monoisotopic (exact) mass is 498 g/mol. The largest absolute Gasteiger partial charge is 0.491 e. The summed E-state index contributed by atoms with van der Waals surface area (Å²) in [6.07, 6.45) is 6.64. The number of pyridine rings is 2. The fourth-order valence-corrected chi connectivity index (χ4v) is 5.24. The van der Waals surface area contributed by atoms with E-state index in [1.54, 1.807) is 12.4 Å². The lowest BCUT2D eigenvalue weighted by Crippen LogP contribution is -2.20. The number of Topliss-reactive ketones (excluding diaryl/α,β-unsaturated/α-hetero) is 1. The van der Waals surface area contributed by atoms with E-state index in [1.165, 1.54) is 12.5 Å². The number of aliphatic hydroxyl groups is 1. The SMILES string of the molecule is C[C@@H]1CC(c2ccncc2CC(=O)c2ccc(F)c(-c3c(F)cc(OCCO)cc3F)n2)C[C@H](C)C1. The van der Waals surface area contributed by atoms with Crippen LogP contribution < -0.4 is 4.74 Å². The first kappa shape index (κ1) is 25.8. The van der Waals surface area contributed by atoms with Crippen LogP contribution in [0, 0.1) is 29.3 Å². The average Bonchev–Trinajstić information content (AvgIpc) is 2.83. The van der Waals surface area contributed by atoms with Gasteiger partial charge in [0.2, 0.25) is 0 Å². The van der Waals surface area contributed by atoms with Gasteiger partial charge in [0, 0.05) is 30.9 Å². The van der Waals surface area contributed by atoms with Crippen molar-refractivity contribution in [2.45, 2.75) is 45.4 Å². The molecule has 1 saturated carbocycles. The van der Waals surface area contributed by atoms with E-state index in [9.17, 15) is 18.0 Å². The summed E-state index contributed by atoms with van der Waals surface area (Å²) in [6, 6.07) is 5.93. The molecule has 0 bridgehead atoms. The summed E-state index contributed by atoms with van der Waals surface area (Å²) in [4.78, 5) is 21.4. The predicted molar refractivity (Wildman–Crippen MR) is 129 cm³/mol. The highest BCUT2D eigenvalue weighted by atomic mass is 19.1. The first-order chi connectivity index (χ1) is 17.3. The van der Waals surface area contributed by atoms with Crippen LogP contribution >= 0.6 is 0 Å². The first-order valence-corrected chi connectivity index (χ1v) is 12.1. The van der Waals surface area contributed by atoms with Crippen molar-refractivity contribution in [1.29, 1.82) is 0 Å². The van der Waals surface area contributed by atoms with Crippen molar-refractivity contribution in [3.8, 4) is 17.0 Å². The van der Waals surface area contributed by atoms with Gasteiger partial charge in [-0.05, 0) is 66.3 Å². The minimum absolute atomic E-state index is 0.000586. The van der Waals surface area contributed by atoms with E-state index < -0.39 is 34.5 Å². The number of halogens is 3. The molecule has 0 radical (unpaired) electrons. The molecule has 8 heteroatoms. The Morgan fingerprint density at radius 1 is 1.03 bits per heavy atom. The number of nitrogens with zero attached hydrogens (tertiary/aromatic N) is 2. The van der Waals surface area contributed by atoms with Gasteiger partial charge in [0.25, 0.3) is 0 Å². The maximum atomic E-state index is 14.7. The fraction of sp³-hybridized carbons (Fsp3) is 0.393. The number of ether oxygens (including phenoxy) is 1. The summed E-state index contributed by atoms with van der Waals surface area (Å²) in [7, 11) is 0. The van der Waals surface area contributed by atoms with Crippen LogP contribution in [-0.4, -0.2) is 34.1 Å². The number of rotatable bonds is 8. The normalized spacial score (nSPS) is 19.8. The molecule has 0 saturated heterocycles. The molecule has 0 aliphatic heterocycles. The third-order valence-electron chi connectivity index (χ3n) is 6.65. The third-order valence-corrected chi connectivity index (χ3v) is 6.65. The van der Waals surface area contributed by atoms with Gasteiger partial charge in [-0.2, -0.15) is 0 Å². The molecule has 0 amide bonds. The van der Waals surface area contributed by atoms with Crippen molar-refractivity contribution in [1.82, 2.24) is 9.97 Å². The van der Waals surface area contributed by atoms with E-state index in [-0.39, 0.29) is 31.1 Å². The first-order valence-electron chi connectivity index (χ1n) is 12.1. The van der Waals surface area contributed by atoms with E-state index in [0.29, 0.717) is 17.8 Å². The van der Waals surface area contributed by atoms with E-state index in [1.807, 2.05) is 6.07 Å². The Kier molecular flexibility index (Phi) is 8.04. The fourth-order valence-electron chi connectivity index (χ4n) is 5.24. The highest BCUT2D eigenvalue weighted by Gasteiger charge is 2.27. The Labute approximate surface area is 208 Å². The maximum absolute atomic E-state index is 14.7. The standard InChI is InChI=1S/C28H29F3N2O3/c1-16-9-17(2)11-18(10-16)21-5-6-32-15-19(21)12-26(35)25-4-3-22(29)28(33-25)27-23(30)13-20(14-24(27)31)36-8-7-34/h3-6,13-18,34H,7-12H2,1-2H3/t16-,17+,18?. The smallest absolute Gasteiger partial charge is 0.185 e. The van der Waals surface area contributed by atoms with Crippen molar-refractivity contribution in [3.05, 3.63) is 77.0 Å². The lowest BCUT2D eigenvalue weighted by atomic mass is 9.73. The second-order valence-corrected chi connectivity index (χ2v) is 9.65. The Balaban J connectivity index is 1.62. The predicted octanol–water partition coefficient (Wildman–Crippen LogP) is 5.90. The number of hydrogen-bond acceptors (Lipinski definition) is 5. The number of ketones is 1. The molecule has 3 aromatic rings. The molecule has 0 spiro atoms. The maximum Gasteiger partial charge on any atom is 0.185 e. The van der Waals surface area contributed by atoms with Crippen molar-refractivity contribution in [2.24, 2.45) is 11.8 Å². The molecule has 1 aliphatic carbocycles. The topological polar surface area (TPSA) is 72.3 Å². The minimum atomic E-state index is -1.09. The van der Waals surface area contributed by atoms with Crippen LogP contribution in [0.5, 0.6) is 5.75 Å². The second-order valence-electron chi connectivity index (χ2n) is 9.65. The van der Waals surface area contributed by atoms with Crippen LogP contribution in [0.2, 0.25) is 0 Å². The average molecular weight is 499 g/mol. The summed E-state index contributed by atoms with van der Waals surface area (Å²) < 4.78 is 49.1. The summed E-state index contributed by atoms with van der Waals surface area (Å²) in [6.45, 7) is 4.00. The van der Waals surface area contributed by atoms with Gasteiger partial charge in [0.15, 0.2) is 5.78 Å². The third kappa shape index (κ3) is 5.75. The molecule has 1 fully saturated rings. The molecule has 1 aromatic carbocycles. The van der Waals surface area contributed by atoms with Crippen LogP contribution in [0.1, 0.15) is 60.6 Å². The molecule has 4 rings (SSSR count). The summed E-state index contributed by atoms with van der Waals surface area (Å²) in [5, 5.41) is 8.83. The van der Waals surface area contributed by atoms with Gasteiger partial charge in [-0.15, -0.1) is 0 Å². The van der Waals surface area contributed by atoms with E-state index >= 15 is 0 Å². The van der Waals surface area contributed by atoms with E-state index in [4.69, 9.17) is 9.84 Å². The van der Waals surface area contributed by atoms with Crippen LogP contribution in [0.3, 0.4) is 0 Å². The summed E-state index contributed by atoms with van der Waals surface area (Å²) in [5.74, 6) is -2.19. The van der Waals surface area contributed by atoms with Crippen molar-refractivity contribution in [2.75, 3.05) is 13.2 Å². The zero-order valence-corrected chi connectivity index (χ0v) is 20.3. The molecule has 1 unspecified atom stereocenters. The lowest BCUT2D eigenvalue weighted by Gasteiger charge is -2.32. The minimum Gasteiger partial charge on any atom is -0.491 e. The molecule has 36 heavy (non-hydrogen) atoms. The van der Waals surface area contributed by atoms with Gasteiger partial charge >= 0.3 is 0 Å². The molecular weight excluding hydrogens is 469 g/mol. The van der Waals surface area contributed by atoms with Gasteiger partial charge in [0.1, 0.15) is 41.2 Å². The van der Waals surface area contributed by atoms with Gasteiger partial charge in [0.05, 0.1) is 12.2 Å². The molecule has 3 atom stereocenters. The molecule has 2 aromatic heterocycles. The van der Waals surface area contributed by atoms with Crippen LogP contribution in [0.4, 0.5) is 13.2 Å². The van der Waals surface area contributed by atoms with Crippen molar-refractivity contribution in [3.63, 3.8) is 0 Å². The zero-order valence-electron chi connectivity index (χ0n) is 20.3. The van der Waals surface area contributed by atoms with Gasteiger partial charge in [-0.1, -0.05) is 13.8 Å². The number of aliphatic hydroxyl groups excluding tert-OH is 1. The number of benzene rings is 1. The zero-order chi connectivity index (χ0) is 25.8. The van der Waals surface area contributed by atoms with Crippen LogP contribution in [0.25, 0.3) is 11.3 Å². The molecular formula is C28H29F3N2O3. The number of aromatic nitrogens is 2.